The van der Waals surface area contributed by atoms with Gasteiger partial charge in [-0.15, -0.1) is 0 Å². The molecule has 4 rings (SSSR count). The predicted octanol–water partition coefficient (Wildman–Crippen LogP) is 4.52. The molecule has 2 aliphatic heterocycles. The summed E-state index contributed by atoms with van der Waals surface area (Å²) in [5.41, 5.74) is 3.82. The Morgan fingerprint density at radius 3 is 2.66 bits per heavy atom. The summed E-state index contributed by atoms with van der Waals surface area (Å²) in [6.07, 6.45) is 4.99. The molecular formula is C26H36FN3O2. The van der Waals surface area contributed by atoms with Crippen LogP contribution in [-0.2, 0) is 11.2 Å². The number of nitrogens with zero attached hydrogens (tertiary/aromatic N) is 2. The molecule has 0 saturated carbocycles. The number of ether oxygens (including phenoxy) is 1. The molecule has 1 aromatic rings. The third-order valence-electron chi connectivity index (χ3n) is 6.42. The first kappa shape index (κ1) is 24.4. The smallest absolute Gasteiger partial charge is 0.137 e. The zero-order chi connectivity index (χ0) is 23.1. The van der Waals surface area contributed by atoms with E-state index in [4.69, 9.17) is 10.00 Å². The molecule has 174 valence electrons. The Labute approximate surface area is 191 Å². The van der Waals surface area contributed by atoms with Crippen LogP contribution in [0.1, 0.15) is 57.6 Å². The average Bonchev–Trinajstić information content (AvgIpc) is 2.81. The van der Waals surface area contributed by atoms with Gasteiger partial charge in [0.2, 0.25) is 0 Å². The van der Waals surface area contributed by atoms with E-state index >= 15 is 0 Å². The van der Waals surface area contributed by atoms with E-state index in [1.165, 1.54) is 11.6 Å². The summed E-state index contributed by atoms with van der Waals surface area (Å²) in [6.45, 7) is 9.87. The monoisotopic (exact) mass is 441 g/mol. The molecule has 0 radical (unpaired) electrons. The van der Waals surface area contributed by atoms with Gasteiger partial charge in [-0.3, -0.25) is 0 Å². The quantitative estimate of drug-likeness (QED) is 0.719. The van der Waals surface area contributed by atoms with E-state index in [-0.39, 0.29) is 11.7 Å². The highest BCUT2D eigenvalue weighted by Gasteiger charge is 2.29. The normalized spacial score (nSPS) is 23.1. The van der Waals surface area contributed by atoms with E-state index in [9.17, 15) is 9.50 Å². The number of rotatable bonds is 4. The lowest BCUT2D eigenvalue weighted by atomic mass is 9.88. The predicted molar refractivity (Wildman–Crippen MR) is 127 cm³/mol. The SMILES string of the molecule is CC.CC1(O)CCN(c2ccc(CC3CNCCO3)cc2C2=CC(F)=C(C#N)CC2)CC1. The van der Waals surface area contributed by atoms with Gasteiger partial charge in [-0.25, -0.2) is 4.39 Å². The Kier molecular flexibility index (Phi) is 8.47. The number of nitrogens with one attached hydrogen (secondary N) is 1. The van der Waals surface area contributed by atoms with Gasteiger partial charge in [-0.1, -0.05) is 19.9 Å². The number of halogens is 1. The van der Waals surface area contributed by atoms with Gasteiger partial charge in [-0.05, 0) is 68.4 Å². The van der Waals surface area contributed by atoms with Crippen LogP contribution in [0.4, 0.5) is 10.1 Å². The summed E-state index contributed by atoms with van der Waals surface area (Å²) >= 11 is 0. The van der Waals surface area contributed by atoms with Crippen molar-refractivity contribution in [3.05, 3.63) is 46.8 Å². The summed E-state index contributed by atoms with van der Waals surface area (Å²) in [6, 6.07) is 8.41. The highest BCUT2D eigenvalue weighted by molar-refractivity contribution is 5.80. The van der Waals surface area contributed by atoms with Crippen LogP contribution in [0, 0.1) is 11.3 Å². The summed E-state index contributed by atoms with van der Waals surface area (Å²) in [7, 11) is 0. The van der Waals surface area contributed by atoms with Gasteiger partial charge in [-0.2, -0.15) is 5.26 Å². The van der Waals surface area contributed by atoms with E-state index in [1.807, 2.05) is 26.8 Å². The van der Waals surface area contributed by atoms with Crippen LogP contribution in [0.3, 0.4) is 0 Å². The van der Waals surface area contributed by atoms with Crippen molar-refractivity contribution >= 4 is 11.3 Å². The van der Waals surface area contributed by atoms with E-state index in [2.05, 4.69) is 28.4 Å². The lowest BCUT2D eigenvalue weighted by Gasteiger charge is -2.38. The lowest BCUT2D eigenvalue weighted by Crippen LogP contribution is -2.42. The molecule has 6 heteroatoms. The molecule has 1 unspecified atom stereocenters. The zero-order valence-corrected chi connectivity index (χ0v) is 19.6. The number of nitriles is 1. The molecule has 5 nitrogen and oxygen atoms in total. The van der Waals surface area contributed by atoms with Crippen molar-refractivity contribution in [2.75, 3.05) is 37.7 Å². The lowest BCUT2D eigenvalue weighted by molar-refractivity contribution is 0.0292. The van der Waals surface area contributed by atoms with E-state index in [1.54, 1.807) is 0 Å². The van der Waals surface area contributed by atoms with Crippen molar-refractivity contribution in [3.8, 4) is 6.07 Å². The first-order valence-corrected chi connectivity index (χ1v) is 11.9. The molecule has 1 atom stereocenters. The molecule has 2 N–H and O–H groups in total. The highest BCUT2D eigenvalue weighted by Crippen LogP contribution is 2.38. The summed E-state index contributed by atoms with van der Waals surface area (Å²) < 4.78 is 20.3. The Morgan fingerprint density at radius 1 is 1.28 bits per heavy atom. The number of hydrogen-bond acceptors (Lipinski definition) is 5. The minimum Gasteiger partial charge on any atom is -0.390 e. The van der Waals surface area contributed by atoms with Crippen LogP contribution in [0.5, 0.6) is 0 Å². The molecule has 0 spiro atoms. The van der Waals surface area contributed by atoms with E-state index in [0.717, 1.165) is 56.0 Å². The summed E-state index contributed by atoms with van der Waals surface area (Å²) in [5.74, 6) is -0.420. The number of piperidine rings is 1. The Morgan fingerprint density at radius 2 is 2.03 bits per heavy atom. The Bertz CT molecular complexity index is 885. The van der Waals surface area contributed by atoms with Gasteiger partial charge >= 0.3 is 0 Å². The number of hydrogen-bond donors (Lipinski definition) is 2. The number of aliphatic hydroxyl groups is 1. The number of allylic oxidation sites excluding steroid dienone is 4. The number of benzene rings is 1. The molecule has 1 aromatic carbocycles. The molecule has 0 amide bonds. The maximum atomic E-state index is 14.4. The molecule has 2 fully saturated rings. The molecule has 3 aliphatic rings. The van der Waals surface area contributed by atoms with Crippen molar-refractivity contribution in [2.24, 2.45) is 0 Å². The van der Waals surface area contributed by atoms with Crippen molar-refractivity contribution in [1.29, 1.82) is 5.26 Å². The fourth-order valence-corrected chi connectivity index (χ4v) is 4.50. The van der Waals surface area contributed by atoms with Gasteiger partial charge in [0.25, 0.3) is 0 Å². The summed E-state index contributed by atoms with van der Waals surface area (Å²) in [4.78, 5) is 2.29. The van der Waals surface area contributed by atoms with Crippen LogP contribution in [-0.4, -0.2) is 49.6 Å². The van der Waals surface area contributed by atoms with Crippen molar-refractivity contribution in [1.82, 2.24) is 5.32 Å². The molecule has 0 aromatic heterocycles. The van der Waals surface area contributed by atoms with Crippen LogP contribution in [0.15, 0.2) is 35.7 Å². The average molecular weight is 442 g/mol. The second-order valence-corrected chi connectivity index (χ2v) is 8.84. The topological polar surface area (TPSA) is 68.5 Å². The van der Waals surface area contributed by atoms with Gasteiger partial charge < -0.3 is 20.1 Å². The Hall–Kier alpha value is -2.20. The zero-order valence-electron chi connectivity index (χ0n) is 19.6. The fraction of sp³-hybridized carbons (Fsp3) is 0.577. The first-order valence-electron chi connectivity index (χ1n) is 11.9. The van der Waals surface area contributed by atoms with Gasteiger partial charge in [0.05, 0.1) is 30.0 Å². The largest absolute Gasteiger partial charge is 0.390 e. The van der Waals surface area contributed by atoms with Crippen molar-refractivity contribution in [2.45, 2.75) is 64.6 Å². The minimum absolute atomic E-state index is 0.143. The maximum absolute atomic E-state index is 14.4. The number of anilines is 1. The van der Waals surface area contributed by atoms with Crippen molar-refractivity contribution in [3.63, 3.8) is 0 Å². The third kappa shape index (κ3) is 5.98. The van der Waals surface area contributed by atoms with Gasteiger partial charge in [0.15, 0.2) is 0 Å². The third-order valence-corrected chi connectivity index (χ3v) is 6.42. The second kappa shape index (κ2) is 11.1. The second-order valence-electron chi connectivity index (χ2n) is 8.84. The van der Waals surface area contributed by atoms with Gasteiger partial charge in [0.1, 0.15) is 5.83 Å². The highest BCUT2D eigenvalue weighted by atomic mass is 19.1. The van der Waals surface area contributed by atoms with Crippen LogP contribution in [0.25, 0.3) is 5.57 Å². The summed E-state index contributed by atoms with van der Waals surface area (Å²) in [5, 5.41) is 22.8. The molecule has 0 bridgehead atoms. The minimum atomic E-state index is -0.622. The maximum Gasteiger partial charge on any atom is 0.137 e. The molecule has 2 saturated heterocycles. The standard InChI is InChI=1S/C24H30FN3O2.C2H6/c1-24(29)6-9-28(10-7-24)23-5-2-17(12-20-16-27-8-11-30-20)13-21(23)18-3-4-19(15-26)22(25)14-18;1-2/h2,5,13-14,20,27,29H,3-4,6-12,16H2,1H3;1-2H3. The van der Waals surface area contributed by atoms with Crippen LogP contribution >= 0.6 is 0 Å². The molecular weight excluding hydrogens is 405 g/mol. The van der Waals surface area contributed by atoms with E-state index < -0.39 is 11.4 Å². The van der Waals surface area contributed by atoms with Crippen molar-refractivity contribution < 1.29 is 14.2 Å². The van der Waals surface area contributed by atoms with E-state index in [0.29, 0.717) is 25.7 Å². The molecule has 2 heterocycles. The van der Waals surface area contributed by atoms with Gasteiger partial charge in [0, 0.05) is 37.4 Å². The Balaban J connectivity index is 0.00000141. The van der Waals surface area contributed by atoms with Crippen LogP contribution < -0.4 is 10.2 Å². The molecule has 1 aliphatic carbocycles. The first-order chi connectivity index (χ1) is 15.4. The molecule has 32 heavy (non-hydrogen) atoms. The number of morpholine rings is 1. The fourth-order valence-electron chi connectivity index (χ4n) is 4.50. The van der Waals surface area contributed by atoms with Crippen LogP contribution in [0.2, 0.25) is 0 Å².